The van der Waals surface area contributed by atoms with E-state index < -0.39 is 29.0 Å². The standard InChI is InChI=1S/C71H53F6N3/c1-39-9-18-53(43(5)27-39)47-13-23-64-59(31-47)60-32-48(54-19-10-40(2)28-44(54)6)14-24-65(60)79(64)68-35-51(38-78)58(57-22-17-52(70(72,73)74)36-63(57)71(75,76)77)37-69(68)80-66-25-15-49(55-20-11-41(3)29-45(55)7)33-61(66)62-34-50(16-26-67(62)80)56-21-12-42(4)30-46(56)8/h9-37H,1-8H3. The van der Waals surface area contributed by atoms with E-state index in [1.807, 2.05) is 28.8 Å². The van der Waals surface area contributed by atoms with Crippen LogP contribution in [0.2, 0.25) is 0 Å². The summed E-state index contributed by atoms with van der Waals surface area (Å²) in [5.41, 5.74) is 17.1. The summed E-state index contributed by atoms with van der Waals surface area (Å²) in [5.74, 6) is 0. The molecular weight excluding hydrogens is 1010 g/mol. The third-order valence-electron chi connectivity index (χ3n) is 16.0. The number of aryl methyl sites for hydroxylation is 8. The molecule has 394 valence electrons. The summed E-state index contributed by atoms with van der Waals surface area (Å²) in [7, 11) is 0. The van der Waals surface area contributed by atoms with E-state index in [0.29, 0.717) is 17.4 Å². The molecule has 0 bridgehead atoms. The van der Waals surface area contributed by atoms with Crippen molar-refractivity contribution in [2.45, 2.75) is 67.7 Å². The Morgan fingerprint density at radius 1 is 0.325 bits per heavy atom. The molecule has 2 heterocycles. The van der Waals surface area contributed by atoms with Gasteiger partial charge in [-0.3, -0.25) is 0 Å². The molecule has 0 saturated carbocycles. The van der Waals surface area contributed by atoms with Gasteiger partial charge in [0.05, 0.1) is 56.2 Å². The Morgan fingerprint density at radius 3 is 0.950 bits per heavy atom. The number of nitriles is 1. The van der Waals surface area contributed by atoms with Crippen LogP contribution >= 0.6 is 0 Å². The van der Waals surface area contributed by atoms with E-state index in [0.717, 1.165) is 139 Å². The first kappa shape index (κ1) is 51.6. The molecular formula is C71H53F6N3. The van der Waals surface area contributed by atoms with Gasteiger partial charge in [-0.25, -0.2) is 0 Å². The second-order valence-electron chi connectivity index (χ2n) is 21.6. The van der Waals surface area contributed by atoms with Gasteiger partial charge < -0.3 is 9.13 Å². The first-order valence-electron chi connectivity index (χ1n) is 26.5. The van der Waals surface area contributed by atoms with E-state index in [1.165, 1.54) is 0 Å². The number of hydrogen-bond acceptors (Lipinski definition) is 1. The van der Waals surface area contributed by atoms with Crippen molar-refractivity contribution in [3.05, 3.63) is 237 Å². The predicted octanol–water partition coefficient (Wildman–Crippen LogP) is 20.6. The Labute approximate surface area is 460 Å². The average molecular weight is 1060 g/mol. The molecule has 0 aliphatic rings. The smallest absolute Gasteiger partial charge is 0.307 e. The maximum absolute atomic E-state index is 15.4. The molecule has 0 aliphatic heterocycles. The van der Waals surface area contributed by atoms with Crippen LogP contribution in [0, 0.1) is 66.7 Å². The third kappa shape index (κ3) is 8.80. The molecule has 2 aromatic heterocycles. The van der Waals surface area contributed by atoms with E-state index in [4.69, 9.17) is 0 Å². The van der Waals surface area contributed by atoms with E-state index in [1.54, 1.807) is 12.1 Å². The summed E-state index contributed by atoms with van der Waals surface area (Å²) in [5, 5.41) is 14.7. The van der Waals surface area contributed by atoms with Crippen LogP contribution in [0.3, 0.4) is 0 Å². The van der Waals surface area contributed by atoms with E-state index >= 15 is 13.2 Å². The monoisotopic (exact) mass is 1060 g/mol. The molecule has 0 unspecified atom stereocenters. The number of halogens is 6. The van der Waals surface area contributed by atoms with Crippen LogP contribution in [-0.4, -0.2) is 9.13 Å². The highest BCUT2D eigenvalue weighted by molar-refractivity contribution is 6.14. The van der Waals surface area contributed by atoms with E-state index in [9.17, 15) is 18.4 Å². The molecule has 0 aliphatic carbocycles. The number of nitrogens with zero attached hydrogens (tertiary/aromatic N) is 3. The van der Waals surface area contributed by atoms with Crippen molar-refractivity contribution in [2.75, 3.05) is 0 Å². The van der Waals surface area contributed by atoms with Gasteiger partial charge >= 0.3 is 12.4 Å². The summed E-state index contributed by atoms with van der Waals surface area (Å²) in [4.78, 5) is 0. The zero-order chi connectivity index (χ0) is 56.3. The quantitative estimate of drug-likeness (QED) is 0.146. The van der Waals surface area contributed by atoms with Crippen molar-refractivity contribution in [3.63, 3.8) is 0 Å². The molecule has 12 aromatic rings. The van der Waals surface area contributed by atoms with Crippen LogP contribution in [0.5, 0.6) is 0 Å². The van der Waals surface area contributed by atoms with E-state index in [2.05, 4.69) is 187 Å². The summed E-state index contributed by atoms with van der Waals surface area (Å²) in [6.07, 6.45) is -10.3. The third-order valence-corrected chi connectivity index (χ3v) is 16.0. The fourth-order valence-corrected chi connectivity index (χ4v) is 12.2. The maximum Gasteiger partial charge on any atom is 0.417 e. The van der Waals surface area contributed by atoms with Crippen molar-refractivity contribution < 1.29 is 26.3 Å². The van der Waals surface area contributed by atoms with Gasteiger partial charge in [0.2, 0.25) is 0 Å². The van der Waals surface area contributed by atoms with Gasteiger partial charge in [0, 0.05) is 27.1 Å². The zero-order valence-electron chi connectivity index (χ0n) is 45.4. The Hall–Kier alpha value is -9.13. The Kier molecular flexibility index (Phi) is 12.3. The van der Waals surface area contributed by atoms with Gasteiger partial charge in [-0.05, 0) is 201 Å². The summed E-state index contributed by atoms with van der Waals surface area (Å²) in [6.45, 7) is 16.6. The molecule has 0 spiro atoms. The number of hydrogen-bond donors (Lipinski definition) is 0. The summed E-state index contributed by atoms with van der Waals surface area (Å²) in [6, 6.07) is 57.5. The Balaban J connectivity index is 1.23. The van der Waals surface area contributed by atoms with Crippen molar-refractivity contribution in [1.29, 1.82) is 5.26 Å². The molecule has 9 heteroatoms. The summed E-state index contributed by atoms with van der Waals surface area (Å²) < 4.78 is 93.1. The number of aromatic nitrogens is 2. The van der Waals surface area contributed by atoms with Crippen LogP contribution in [0.1, 0.15) is 61.2 Å². The van der Waals surface area contributed by atoms with Gasteiger partial charge in [-0.2, -0.15) is 31.6 Å². The molecule has 0 amide bonds. The minimum absolute atomic E-state index is 0.140. The summed E-state index contributed by atoms with van der Waals surface area (Å²) >= 11 is 0. The SMILES string of the molecule is Cc1ccc(-c2ccc3c(c2)c2cc(-c4ccc(C)cc4C)ccc2n3-c2cc(C#N)c(-c3ccc(C(F)(F)F)cc3C(F)(F)F)cc2-n2c3ccc(-c4ccc(C)cc4C)cc3c3cc(-c4ccc(C)cc4C)ccc32)c(C)c1. The maximum atomic E-state index is 15.4. The molecule has 0 radical (unpaired) electrons. The lowest BCUT2D eigenvalue weighted by Gasteiger charge is -2.21. The van der Waals surface area contributed by atoms with Gasteiger partial charge in [0.15, 0.2) is 0 Å². The fraction of sp³-hybridized carbons (Fsp3) is 0.141. The van der Waals surface area contributed by atoms with Crippen molar-refractivity contribution in [3.8, 4) is 73.1 Å². The topological polar surface area (TPSA) is 33.6 Å². The van der Waals surface area contributed by atoms with Gasteiger partial charge in [-0.15, -0.1) is 0 Å². The molecule has 12 rings (SSSR count). The lowest BCUT2D eigenvalue weighted by molar-refractivity contribution is -0.142. The molecule has 0 saturated heterocycles. The Morgan fingerprint density at radius 2 is 0.650 bits per heavy atom. The van der Waals surface area contributed by atoms with Gasteiger partial charge in [-0.1, -0.05) is 125 Å². The van der Waals surface area contributed by atoms with Crippen molar-refractivity contribution in [2.24, 2.45) is 0 Å². The normalized spacial score (nSPS) is 12.1. The fourth-order valence-electron chi connectivity index (χ4n) is 12.2. The minimum atomic E-state index is -5.22. The molecule has 80 heavy (non-hydrogen) atoms. The highest BCUT2D eigenvalue weighted by Crippen LogP contribution is 2.47. The number of alkyl halides is 6. The minimum Gasteiger partial charge on any atom is -0.307 e. The number of benzene rings is 10. The van der Waals surface area contributed by atoms with E-state index in [-0.39, 0.29) is 17.2 Å². The number of fused-ring (bicyclic) bond motifs is 6. The second kappa shape index (κ2) is 19.1. The van der Waals surface area contributed by atoms with Gasteiger partial charge in [0.25, 0.3) is 0 Å². The predicted molar refractivity (Wildman–Crippen MR) is 315 cm³/mol. The van der Waals surface area contributed by atoms with Gasteiger partial charge in [0.1, 0.15) is 0 Å². The lowest BCUT2D eigenvalue weighted by Crippen LogP contribution is -2.13. The first-order valence-corrected chi connectivity index (χ1v) is 26.5. The molecule has 0 N–H and O–H groups in total. The first-order chi connectivity index (χ1) is 38.1. The average Bonchev–Trinajstić information content (AvgIpc) is 3.95. The molecule has 0 atom stereocenters. The zero-order valence-corrected chi connectivity index (χ0v) is 45.4. The van der Waals surface area contributed by atoms with Crippen LogP contribution in [-0.2, 0) is 12.4 Å². The van der Waals surface area contributed by atoms with Crippen molar-refractivity contribution in [1.82, 2.24) is 9.13 Å². The van der Waals surface area contributed by atoms with Crippen LogP contribution in [0.4, 0.5) is 26.3 Å². The number of rotatable bonds is 7. The largest absolute Gasteiger partial charge is 0.417 e. The Bertz CT molecular complexity index is 4400. The van der Waals surface area contributed by atoms with Crippen LogP contribution in [0.25, 0.3) is 111 Å². The molecule has 0 fully saturated rings. The molecule has 3 nitrogen and oxygen atoms in total. The highest BCUT2D eigenvalue weighted by Gasteiger charge is 2.39. The lowest BCUT2D eigenvalue weighted by atomic mass is 9.92. The molecule has 10 aromatic carbocycles. The van der Waals surface area contributed by atoms with Crippen LogP contribution in [0.15, 0.2) is 176 Å². The highest BCUT2D eigenvalue weighted by atomic mass is 19.4. The van der Waals surface area contributed by atoms with Crippen LogP contribution < -0.4 is 0 Å². The second-order valence-corrected chi connectivity index (χ2v) is 21.6. The van der Waals surface area contributed by atoms with Crippen molar-refractivity contribution >= 4 is 43.6 Å².